The smallest absolute Gasteiger partial charge is 0.305 e. The molecule has 158 valence electrons. The summed E-state index contributed by atoms with van der Waals surface area (Å²) < 4.78 is 5.69. The summed E-state index contributed by atoms with van der Waals surface area (Å²) in [5, 5.41) is 0. The molecule has 1 fully saturated rings. The van der Waals surface area contributed by atoms with E-state index >= 15 is 0 Å². The van der Waals surface area contributed by atoms with Gasteiger partial charge in [0.2, 0.25) is 0 Å². The number of esters is 1. The molecule has 0 bridgehead atoms. The summed E-state index contributed by atoms with van der Waals surface area (Å²) in [6.07, 6.45) is 4.69. The van der Waals surface area contributed by atoms with Crippen LogP contribution in [0.25, 0.3) is 6.08 Å². The summed E-state index contributed by atoms with van der Waals surface area (Å²) in [5.74, 6) is -0.346. The second-order valence-corrected chi connectivity index (χ2v) is 8.44. The van der Waals surface area contributed by atoms with Crippen LogP contribution in [0.4, 0.5) is 0 Å². The van der Waals surface area contributed by atoms with Crippen LogP contribution in [0.5, 0.6) is 0 Å². The number of ether oxygens (including phenoxy) is 1. The number of thioether (sulfide) groups is 1. The molecule has 0 atom stereocenters. The van der Waals surface area contributed by atoms with Crippen molar-refractivity contribution in [3.63, 3.8) is 0 Å². The highest BCUT2D eigenvalue weighted by molar-refractivity contribution is 8.26. The van der Waals surface area contributed by atoms with E-state index < -0.39 is 0 Å². The van der Waals surface area contributed by atoms with Crippen molar-refractivity contribution in [2.45, 2.75) is 19.8 Å². The Labute approximate surface area is 188 Å². The first-order valence-electron chi connectivity index (χ1n) is 9.16. The Bertz CT molecular complexity index is 779. The van der Waals surface area contributed by atoms with E-state index in [0.29, 0.717) is 35.3 Å². The molecule has 1 aliphatic rings. The van der Waals surface area contributed by atoms with Gasteiger partial charge < -0.3 is 9.64 Å². The first-order valence-corrected chi connectivity index (χ1v) is 10.4. The number of carbonyl (C=O) groups is 2. The van der Waals surface area contributed by atoms with Crippen molar-refractivity contribution in [2.24, 2.45) is 0 Å². The predicted molar refractivity (Wildman–Crippen MR) is 126 cm³/mol. The van der Waals surface area contributed by atoms with Gasteiger partial charge in [-0.25, -0.2) is 0 Å². The van der Waals surface area contributed by atoms with Gasteiger partial charge in [0.05, 0.1) is 4.91 Å². The number of hydrogen-bond acceptors (Lipinski definition) is 6. The second-order valence-electron chi connectivity index (χ2n) is 6.76. The van der Waals surface area contributed by atoms with Gasteiger partial charge in [0.15, 0.2) is 0 Å². The predicted octanol–water partition coefficient (Wildman–Crippen LogP) is 4.14. The molecule has 1 heterocycles. The van der Waals surface area contributed by atoms with Crippen LogP contribution in [-0.2, 0) is 14.3 Å². The standard InChI is InChI=1S/C21H26N2O3S2.ClH/c1-16(14-17-8-5-4-6-9-17)15-18-20(25)23(21(27)28-18)11-7-10-19(24)26-13-12-22(2)3;/h4-6,8-9,14-15H,7,10-13H2,1-3H3;1H/b16-14+,18-15-;. The van der Waals surface area contributed by atoms with E-state index in [-0.39, 0.29) is 30.7 Å². The van der Waals surface area contributed by atoms with Crippen molar-refractivity contribution in [1.29, 1.82) is 0 Å². The fourth-order valence-electron chi connectivity index (χ4n) is 2.55. The summed E-state index contributed by atoms with van der Waals surface area (Å²) >= 11 is 6.64. The quantitative estimate of drug-likeness (QED) is 0.317. The first kappa shape index (κ1) is 25.4. The molecule has 8 heteroatoms. The number of halogens is 1. The van der Waals surface area contributed by atoms with Crippen LogP contribution in [0.2, 0.25) is 0 Å². The number of allylic oxidation sites excluding steroid dienone is 2. The molecule has 0 aliphatic carbocycles. The molecule has 1 aliphatic heterocycles. The van der Waals surface area contributed by atoms with Crippen molar-refractivity contribution in [2.75, 3.05) is 33.8 Å². The maximum Gasteiger partial charge on any atom is 0.305 e. The Morgan fingerprint density at radius 3 is 2.62 bits per heavy atom. The van der Waals surface area contributed by atoms with Crippen LogP contribution in [0.15, 0.2) is 46.9 Å². The summed E-state index contributed by atoms with van der Waals surface area (Å²) in [4.78, 5) is 28.5. The molecule has 0 radical (unpaired) electrons. The molecule has 1 aromatic rings. The third kappa shape index (κ3) is 8.70. The van der Waals surface area contributed by atoms with Gasteiger partial charge in [-0.05, 0) is 44.7 Å². The lowest BCUT2D eigenvalue weighted by molar-refractivity contribution is -0.144. The summed E-state index contributed by atoms with van der Waals surface area (Å²) in [6.45, 7) is 3.46. The molecular formula is C21H27ClN2O3S2. The van der Waals surface area contributed by atoms with Crippen molar-refractivity contribution in [3.05, 3.63) is 52.4 Å². The minimum atomic E-state index is -0.246. The normalized spacial score (nSPS) is 15.8. The molecule has 2 rings (SSSR count). The minimum absolute atomic E-state index is 0. The largest absolute Gasteiger partial charge is 0.464 e. The Morgan fingerprint density at radius 2 is 1.97 bits per heavy atom. The molecule has 1 amide bonds. The molecular weight excluding hydrogens is 428 g/mol. The molecule has 0 N–H and O–H groups in total. The summed E-state index contributed by atoms with van der Waals surface area (Å²) in [5.41, 5.74) is 2.07. The zero-order chi connectivity index (χ0) is 20.5. The monoisotopic (exact) mass is 454 g/mol. The van der Waals surface area contributed by atoms with Gasteiger partial charge in [0, 0.05) is 19.5 Å². The number of hydrogen-bond donors (Lipinski definition) is 0. The zero-order valence-corrected chi connectivity index (χ0v) is 19.4. The third-order valence-corrected chi connectivity index (χ3v) is 5.37. The molecule has 1 aromatic carbocycles. The number of nitrogens with zero attached hydrogens (tertiary/aromatic N) is 2. The van der Waals surface area contributed by atoms with Crippen LogP contribution < -0.4 is 0 Å². The second kappa shape index (κ2) is 12.8. The van der Waals surface area contributed by atoms with E-state index in [1.165, 1.54) is 11.8 Å². The lowest BCUT2D eigenvalue weighted by atomic mass is 10.1. The van der Waals surface area contributed by atoms with Gasteiger partial charge in [0.1, 0.15) is 10.9 Å². The maximum absolute atomic E-state index is 12.6. The highest BCUT2D eigenvalue weighted by Gasteiger charge is 2.31. The van der Waals surface area contributed by atoms with Gasteiger partial charge in [-0.1, -0.05) is 60.4 Å². The minimum Gasteiger partial charge on any atom is -0.464 e. The van der Waals surface area contributed by atoms with Gasteiger partial charge in [0.25, 0.3) is 5.91 Å². The number of thiocarbonyl (C=S) groups is 1. The van der Waals surface area contributed by atoms with E-state index in [2.05, 4.69) is 0 Å². The molecule has 0 aromatic heterocycles. The third-order valence-electron chi connectivity index (χ3n) is 3.99. The van der Waals surface area contributed by atoms with Crippen LogP contribution in [-0.4, -0.2) is 59.8 Å². The van der Waals surface area contributed by atoms with Crippen LogP contribution in [0, 0.1) is 0 Å². The molecule has 0 spiro atoms. The number of rotatable bonds is 9. The van der Waals surface area contributed by atoms with Crippen molar-refractivity contribution >= 4 is 58.7 Å². The number of likely N-dealkylation sites (N-methyl/N-ethyl adjacent to an activating group) is 1. The molecule has 0 unspecified atom stereocenters. The van der Waals surface area contributed by atoms with Crippen molar-refractivity contribution in [3.8, 4) is 0 Å². The number of amides is 1. The number of carbonyl (C=O) groups excluding carboxylic acids is 2. The van der Waals surface area contributed by atoms with Crippen LogP contribution in [0.1, 0.15) is 25.3 Å². The number of benzene rings is 1. The Hall–Kier alpha value is -1.67. The van der Waals surface area contributed by atoms with Crippen LogP contribution in [0.3, 0.4) is 0 Å². The van der Waals surface area contributed by atoms with Gasteiger partial charge >= 0.3 is 5.97 Å². The van der Waals surface area contributed by atoms with Crippen molar-refractivity contribution < 1.29 is 14.3 Å². The van der Waals surface area contributed by atoms with E-state index in [1.807, 2.05) is 68.4 Å². The van der Waals surface area contributed by atoms with E-state index in [0.717, 1.165) is 11.1 Å². The van der Waals surface area contributed by atoms with E-state index in [4.69, 9.17) is 17.0 Å². The fourth-order valence-corrected chi connectivity index (χ4v) is 3.91. The molecule has 29 heavy (non-hydrogen) atoms. The topological polar surface area (TPSA) is 49.9 Å². The lowest BCUT2D eigenvalue weighted by Gasteiger charge is -2.14. The maximum atomic E-state index is 12.6. The van der Waals surface area contributed by atoms with Gasteiger partial charge in [-0.3, -0.25) is 14.5 Å². The molecule has 0 saturated carbocycles. The fraction of sp³-hybridized carbons (Fsp3) is 0.381. The first-order chi connectivity index (χ1) is 13.4. The summed E-state index contributed by atoms with van der Waals surface area (Å²) in [7, 11) is 3.85. The average molecular weight is 455 g/mol. The average Bonchev–Trinajstić information content (AvgIpc) is 2.89. The zero-order valence-electron chi connectivity index (χ0n) is 16.9. The highest BCUT2D eigenvalue weighted by Crippen LogP contribution is 2.32. The van der Waals surface area contributed by atoms with Crippen molar-refractivity contribution in [1.82, 2.24) is 9.80 Å². The van der Waals surface area contributed by atoms with Gasteiger partial charge in [-0.2, -0.15) is 0 Å². The van der Waals surface area contributed by atoms with E-state index in [9.17, 15) is 9.59 Å². The summed E-state index contributed by atoms with van der Waals surface area (Å²) in [6, 6.07) is 9.95. The molecule has 1 saturated heterocycles. The Kier molecular flexibility index (Phi) is 11.2. The SMILES string of the molecule is CC(/C=C1\SC(=S)N(CCCC(=O)OCCN(C)C)C1=O)=C\c1ccccc1.Cl. The highest BCUT2D eigenvalue weighted by atomic mass is 35.5. The molecule has 5 nitrogen and oxygen atoms in total. The van der Waals surface area contributed by atoms with E-state index in [1.54, 1.807) is 4.90 Å². The lowest BCUT2D eigenvalue weighted by Crippen LogP contribution is -2.29. The van der Waals surface area contributed by atoms with Gasteiger partial charge in [-0.15, -0.1) is 12.4 Å². The Morgan fingerprint density at radius 1 is 1.28 bits per heavy atom. The van der Waals surface area contributed by atoms with Crippen LogP contribution >= 0.6 is 36.4 Å². The Balaban J connectivity index is 0.00000420.